The van der Waals surface area contributed by atoms with Crippen LogP contribution in [0.5, 0.6) is 11.5 Å². The van der Waals surface area contributed by atoms with Crippen molar-refractivity contribution in [3.05, 3.63) is 59.7 Å². The highest BCUT2D eigenvalue weighted by atomic mass is 35.5. The molecule has 1 aliphatic rings. The third-order valence-electron chi connectivity index (χ3n) is 6.10. The van der Waals surface area contributed by atoms with Gasteiger partial charge in [-0.1, -0.05) is 36.4 Å². The summed E-state index contributed by atoms with van der Waals surface area (Å²) in [5, 5.41) is 0. The highest BCUT2D eigenvalue weighted by molar-refractivity contribution is 5.85. The van der Waals surface area contributed by atoms with Gasteiger partial charge in [0.05, 0.1) is 14.2 Å². The van der Waals surface area contributed by atoms with Crippen molar-refractivity contribution in [3.8, 4) is 11.5 Å². The smallest absolute Gasteiger partial charge is 0.160 e. The van der Waals surface area contributed by atoms with Gasteiger partial charge in [0.25, 0.3) is 0 Å². The first-order valence-corrected chi connectivity index (χ1v) is 11.5. The maximum absolute atomic E-state index is 5.43. The largest absolute Gasteiger partial charge is 0.493 e. The topological polar surface area (TPSA) is 24.9 Å². The van der Waals surface area contributed by atoms with E-state index in [2.05, 4.69) is 52.3 Å². The molecule has 6 heteroatoms. The zero-order chi connectivity index (χ0) is 21.0. The molecule has 0 amide bonds. The first-order valence-electron chi connectivity index (χ1n) is 11.5. The van der Waals surface area contributed by atoms with E-state index in [4.69, 9.17) is 9.47 Å². The summed E-state index contributed by atoms with van der Waals surface area (Å²) in [6.45, 7) is 7.30. The molecule has 0 spiro atoms. The van der Waals surface area contributed by atoms with Gasteiger partial charge in [-0.2, -0.15) is 0 Å². The fourth-order valence-corrected chi connectivity index (χ4v) is 4.32. The molecule has 32 heavy (non-hydrogen) atoms. The van der Waals surface area contributed by atoms with Crippen LogP contribution >= 0.6 is 24.8 Å². The molecule has 0 unspecified atom stereocenters. The van der Waals surface area contributed by atoms with Crippen LogP contribution in [-0.2, 0) is 12.8 Å². The lowest BCUT2D eigenvalue weighted by Crippen LogP contribution is -2.32. The minimum atomic E-state index is 0. The predicted octanol–water partition coefficient (Wildman–Crippen LogP) is 5.51. The van der Waals surface area contributed by atoms with Crippen LogP contribution in [0, 0.1) is 0 Å². The summed E-state index contributed by atoms with van der Waals surface area (Å²) in [7, 11) is 3.38. The van der Waals surface area contributed by atoms with Gasteiger partial charge in [-0.3, -0.25) is 0 Å². The molecule has 0 N–H and O–H groups in total. The number of aryl methyl sites for hydroxylation is 2. The van der Waals surface area contributed by atoms with Crippen LogP contribution in [0.4, 0.5) is 0 Å². The number of hydrogen-bond acceptors (Lipinski definition) is 4. The van der Waals surface area contributed by atoms with Crippen LogP contribution in [0.2, 0.25) is 0 Å². The van der Waals surface area contributed by atoms with Crippen LogP contribution in [0.1, 0.15) is 36.8 Å². The van der Waals surface area contributed by atoms with E-state index in [1.165, 1.54) is 82.5 Å². The second-order valence-corrected chi connectivity index (χ2v) is 8.27. The Morgan fingerprint density at radius 2 is 1.28 bits per heavy atom. The SMILES string of the molecule is COc1ccc(CCCN2CCCN(CCCCc3ccccc3)CC2)cc1OC.Cl.Cl. The summed E-state index contributed by atoms with van der Waals surface area (Å²) in [4.78, 5) is 5.31. The molecular formula is C26H40Cl2N2O2. The highest BCUT2D eigenvalue weighted by Crippen LogP contribution is 2.28. The number of methoxy groups -OCH3 is 2. The zero-order valence-electron chi connectivity index (χ0n) is 19.6. The van der Waals surface area contributed by atoms with E-state index in [-0.39, 0.29) is 24.8 Å². The van der Waals surface area contributed by atoms with Gasteiger partial charge in [-0.15, -0.1) is 24.8 Å². The molecule has 4 nitrogen and oxygen atoms in total. The van der Waals surface area contributed by atoms with Crippen molar-refractivity contribution in [1.29, 1.82) is 0 Å². The molecule has 0 aromatic heterocycles. The maximum Gasteiger partial charge on any atom is 0.160 e. The van der Waals surface area contributed by atoms with E-state index in [0.717, 1.165) is 17.9 Å². The van der Waals surface area contributed by atoms with Crippen LogP contribution < -0.4 is 9.47 Å². The van der Waals surface area contributed by atoms with Crippen molar-refractivity contribution in [3.63, 3.8) is 0 Å². The average Bonchev–Trinajstić information content (AvgIpc) is 3.02. The van der Waals surface area contributed by atoms with E-state index in [1.807, 2.05) is 6.07 Å². The van der Waals surface area contributed by atoms with E-state index in [0.29, 0.717) is 0 Å². The highest BCUT2D eigenvalue weighted by Gasteiger charge is 2.14. The fraction of sp³-hybridized carbons (Fsp3) is 0.538. The molecule has 0 radical (unpaired) electrons. The Morgan fingerprint density at radius 1 is 0.656 bits per heavy atom. The van der Waals surface area contributed by atoms with Gasteiger partial charge in [0.1, 0.15) is 0 Å². The van der Waals surface area contributed by atoms with Crippen molar-refractivity contribution in [2.24, 2.45) is 0 Å². The summed E-state index contributed by atoms with van der Waals surface area (Å²) in [6, 6.07) is 17.1. The lowest BCUT2D eigenvalue weighted by Gasteiger charge is -2.22. The predicted molar refractivity (Wildman–Crippen MR) is 139 cm³/mol. The van der Waals surface area contributed by atoms with E-state index in [9.17, 15) is 0 Å². The van der Waals surface area contributed by atoms with E-state index >= 15 is 0 Å². The lowest BCUT2D eigenvalue weighted by molar-refractivity contribution is 0.252. The number of nitrogens with zero attached hydrogens (tertiary/aromatic N) is 2. The van der Waals surface area contributed by atoms with Gasteiger partial charge in [-0.05, 0) is 88.0 Å². The Morgan fingerprint density at radius 3 is 1.94 bits per heavy atom. The molecule has 180 valence electrons. The van der Waals surface area contributed by atoms with Gasteiger partial charge < -0.3 is 19.3 Å². The Bertz CT molecular complexity index is 746. The number of hydrogen-bond donors (Lipinski definition) is 0. The third-order valence-corrected chi connectivity index (χ3v) is 6.10. The number of benzene rings is 2. The second kappa shape index (κ2) is 16.2. The molecule has 1 fully saturated rings. The van der Waals surface area contributed by atoms with Gasteiger partial charge in [-0.25, -0.2) is 0 Å². The minimum absolute atomic E-state index is 0. The van der Waals surface area contributed by atoms with Gasteiger partial charge >= 0.3 is 0 Å². The van der Waals surface area contributed by atoms with Gasteiger partial charge in [0.15, 0.2) is 11.5 Å². The molecule has 3 rings (SSSR count). The number of ether oxygens (including phenoxy) is 2. The quantitative estimate of drug-likeness (QED) is 0.394. The molecule has 1 heterocycles. The first kappa shape index (κ1) is 28.6. The van der Waals surface area contributed by atoms with Gasteiger partial charge in [0, 0.05) is 13.1 Å². The molecule has 0 atom stereocenters. The fourth-order valence-electron chi connectivity index (χ4n) is 4.32. The van der Waals surface area contributed by atoms with Crippen molar-refractivity contribution < 1.29 is 9.47 Å². The summed E-state index contributed by atoms with van der Waals surface area (Å²) >= 11 is 0. The molecule has 1 aliphatic heterocycles. The minimum Gasteiger partial charge on any atom is -0.493 e. The monoisotopic (exact) mass is 482 g/mol. The number of unbranched alkanes of at least 4 members (excludes halogenated alkanes) is 1. The van der Waals surface area contributed by atoms with Crippen LogP contribution in [0.25, 0.3) is 0 Å². The molecule has 0 bridgehead atoms. The molecule has 0 aliphatic carbocycles. The Balaban J connectivity index is 0.00000256. The van der Waals surface area contributed by atoms with E-state index in [1.54, 1.807) is 14.2 Å². The Hall–Kier alpha value is -1.46. The summed E-state index contributed by atoms with van der Waals surface area (Å²) < 4.78 is 10.8. The normalized spacial score (nSPS) is 14.7. The second-order valence-electron chi connectivity index (χ2n) is 8.27. The van der Waals surface area contributed by atoms with Crippen molar-refractivity contribution in [2.75, 3.05) is 53.5 Å². The zero-order valence-corrected chi connectivity index (χ0v) is 21.3. The van der Waals surface area contributed by atoms with Crippen molar-refractivity contribution >= 4 is 24.8 Å². The van der Waals surface area contributed by atoms with Crippen molar-refractivity contribution in [2.45, 2.75) is 38.5 Å². The van der Waals surface area contributed by atoms with Gasteiger partial charge in [0.2, 0.25) is 0 Å². The lowest BCUT2D eigenvalue weighted by atomic mass is 10.1. The molecule has 2 aromatic carbocycles. The van der Waals surface area contributed by atoms with E-state index < -0.39 is 0 Å². The summed E-state index contributed by atoms with van der Waals surface area (Å²) in [6.07, 6.45) is 7.35. The maximum atomic E-state index is 5.43. The first-order chi connectivity index (χ1) is 14.8. The molecule has 0 saturated carbocycles. The average molecular weight is 484 g/mol. The Kier molecular flexibility index (Phi) is 14.5. The molecule has 2 aromatic rings. The summed E-state index contributed by atoms with van der Waals surface area (Å²) in [5.74, 6) is 1.63. The summed E-state index contributed by atoms with van der Waals surface area (Å²) in [5.41, 5.74) is 2.79. The number of halogens is 2. The van der Waals surface area contributed by atoms with Crippen LogP contribution in [-0.4, -0.2) is 63.3 Å². The number of rotatable bonds is 11. The molecular weight excluding hydrogens is 443 g/mol. The standard InChI is InChI=1S/C26H38N2O2.2ClH/c1-29-25-15-14-24(22-26(25)30-2)13-8-17-28-19-9-18-27(20-21-28)16-7-6-12-23-10-4-3-5-11-23;;/h3-5,10-11,14-15,22H,6-9,12-13,16-21H2,1-2H3;2*1H. The van der Waals surface area contributed by atoms with Crippen LogP contribution in [0.15, 0.2) is 48.5 Å². The third kappa shape index (κ3) is 9.58. The van der Waals surface area contributed by atoms with Crippen LogP contribution in [0.3, 0.4) is 0 Å². The molecule has 1 saturated heterocycles. The van der Waals surface area contributed by atoms with Crippen molar-refractivity contribution in [1.82, 2.24) is 9.80 Å². The Labute approximate surface area is 207 Å².